The highest BCUT2D eigenvalue weighted by Crippen LogP contribution is 2.32. The molecule has 0 radical (unpaired) electrons. The van der Waals surface area contributed by atoms with Gasteiger partial charge < -0.3 is 5.73 Å². The molecule has 0 aliphatic carbocycles. The number of hydrogen-bond acceptors (Lipinski definition) is 3. The monoisotopic (exact) mass is 314 g/mol. The normalized spacial score (nSPS) is 11.3. The van der Waals surface area contributed by atoms with Crippen LogP contribution >= 0.6 is 34.5 Å². The second kappa shape index (κ2) is 5.70. The predicted molar refractivity (Wildman–Crippen MR) is 84.6 cm³/mol. The molecule has 102 valence electrons. The van der Waals surface area contributed by atoms with Gasteiger partial charge in [-0.25, -0.2) is 4.98 Å². The molecule has 1 aromatic carbocycles. The van der Waals surface area contributed by atoms with Gasteiger partial charge >= 0.3 is 0 Å². The summed E-state index contributed by atoms with van der Waals surface area (Å²) in [7, 11) is 0. The first kappa shape index (κ1) is 14.6. The molecule has 0 spiro atoms. The zero-order chi connectivity index (χ0) is 14.2. The highest BCUT2D eigenvalue weighted by Gasteiger charge is 2.15. The van der Waals surface area contributed by atoms with E-state index in [1.807, 2.05) is 19.1 Å². The van der Waals surface area contributed by atoms with Gasteiger partial charge in [-0.15, -0.1) is 11.3 Å². The zero-order valence-corrected chi connectivity index (χ0v) is 13.5. The average Bonchev–Trinajstić information content (AvgIpc) is 2.67. The van der Waals surface area contributed by atoms with Crippen LogP contribution in [0.4, 0.5) is 5.13 Å². The van der Waals surface area contributed by atoms with Gasteiger partial charge in [0.2, 0.25) is 0 Å². The number of halogens is 2. The highest BCUT2D eigenvalue weighted by atomic mass is 35.5. The van der Waals surface area contributed by atoms with Gasteiger partial charge in [-0.05, 0) is 36.1 Å². The van der Waals surface area contributed by atoms with Crippen LogP contribution in [0.25, 0.3) is 0 Å². The van der Waals surface area contributed by atoms with Crippen LogP contribution in [0.5, 0.6) is 0 Å². The third-order valence-corrected chi connectivity index (χ3v) is 4.63. The van der Waals surface area contributed by atoms with Crippen LogP contribution in [0.3, 0.4) is 0 Å². The fourth-order valence-electron chi connectivity index (χ4n) is 1.96. The average molecular weight is 315 g/mol. The van der Waals surface area contributed by atoms with E-state index in [0.29, 0.717) is 11.0 Å². The maximum Gasteiger partial charge on any atom is 0.180 e. The van der Waals surface area contributed by atoms with Crippen molar-refractivity contribution < 1.29 is 0 Å². The van der Waals surface area contributed by atoms with Gasteiger partial charge in [0.15, 0.2) is 5.13 Å². The lowest BCUT2D eigenvalue weighted by molar-refractivity contribution is 0.820. The van der Waals surface area contributed by atoms with Gasteiger partial charge in [-0.3, -0.25) is 0 Å². The number of aromatic nitrogens is 1. The Hall–Kier alpha value is -0.770. The molecule has 2 aromatic rings. The third kappa shape index (κ3) is 3.22. The first-order chi connectivity index (χ1) is 8.88. The molecule has 0 amide bonds. The first-order valence-corrected chi connectivity index (χ1v) is 7.65. The van der Waals surface area contributed by atoms with Crippen LogP contribution < -0.4 is 5.73 Å². The number of hydrogen-bond donors (Lipinski definition) is 1. The first-order valence-electron chi connectivity index (χ1n) is 6.08. The van der Waals surface area contributed by atoms with Crippen molar-refractivity contribution in [3.05, 3.63) is 43.9 Å². The largest absolute Gasteiger partial charge is 0.375 e. The van der Waals surface area contributed by atoms with Gasteiger partial charge in [0.1, 0.15) is 0 Å². The molecular weight excluding hydrogens is 299 g/mol. The third-order valence-electron chi connectivity index (χ3n) is 2.97. The summed E-state index contributed by atoms with van der Waals surface area (Å²) in [6.07, 6.45) is 0.723. The van der Waals surface area contributed by atoms with Gasteiger partial charge in [0, 0.05) is 21.3 Å². The highest BCUT2D eigenvalue weighted by molar-refractivity contribution is 7.15. The SMILES string of the molecule is Cc1cc(Cl)c(Cc2sc(N)nc2C(C)C)cc1Cl. The molecule has 0 fully saturated rings. The van der Waals surface area contributed by atoms with Gasteiger partial charge in [-0.2, -0.15) is 0 Å². The maximum absolute atomic E-state index is 6.28. The fourth-order valence-corrected chi connectivity index (χ4v) is 3.44. The molecule has 2 rings (SSSR count). The van der Waals surface area contributed by atoms with E-state index in [2.05, 4.69) is 18.8 Å². The van der Waals surface area contributed by atoms with Gasteiger partial charge in [0.05, 0.1) is 5.69 Å². The number of anilines is 1. The summed E-state index contributed by atoms with van der Waals surface area (Å²) in [5.41, 5.74) is 8.87. The molecule has 1 heterocycles. The lowest BCUT2D eigenvalue weighted by atomic mass is 10.0. The van der Waals surface area contributed by atoms with Crippen molar-refractivity contribution in [2.24, 2.45) is 0 Å². The Morgan fingerprint density at radius 1 is 1.26 bits per heavy atom. The van der Waals surface area contributed by atoms with Crippen LogP contribution in [0, 0.1) is 6.92 Å². The van der Waals surface area contributed by atoms with E-state index in [-0.39, 0.29) is 0 Å². The molecular formula is C14H16Cl2N2S. The van der Waals surface area contributed by atoms with Crippen molar-refractivity contribution in [3.63, 3.8) is 0 Å². The number of thiazole rings is 1. The molecule has 1 aromatic heterocycles. The Balaban J connectivity index is 2.39. The van der Waals surface area contributed by atoms with E-state index in [1.165, 1.54) is 11.3 Å². The standard InChI is InChI=1S/C14H16Cl2N2S/c1-7(2)13-12(19-14(17)18-13)6-9-5-10(15)8(3)4-11(9)16/h4-5,7H,6H2,1-3H3,(H2,17,18). The lowest BCUT2D eigenvalue weighted by Gasteiger charge is -2.09. The molecule has 0 unspecified atom stereocenters. The van der Waals surface area contributed by atoms with E-state index < -0.39 is 0 Å². The van der Waals surface area contributed by atoms with Crippen LogP contribution in [0.1, 0.15) is 41.5 Å². The lowest BCUT2D eigenvalue weighted by Crippen LogP contribution is -1.96. The fraction of sp³-hybridized carbons (Fsp3) is 0.357. The Labute approximate surface area is 127 Å². The second-order valence-corrected chi connectivity index (χ2v) is 6.81. The van der Waals surface area contributed by atoms with E-state index in [9.17, 15) is 0 Å². The number of nitrogens with two attached hydrogens (primary N) is 1. The van der Waals surface area contributed by atoms with Crippen LogP contribution in [-0.4, -0.2) is 4.98 Å². The Kier molecular flexibility index (Phi) is 4.39. The molecule has 0 saturated heterocycles. The van der Waals surface area contributed by atoms with Gasteiger partial charge in [0.25, 0.3) is 0 Å². The molecule has 19 heavy (non-hydrogen) atoms. The Morgan fingerprint density at radius 3 is 2.58 bits per heavy atom. The van der Waals surface area contributed by atoms with E-state index in [1.54, 1.807) is 0 Å². The number of benzene rings is 1. The minimum atomic E-state index is 0.350. The molecule has 0 saturated carbocycles. The van der Waals surface area contributed by atoms with E-state index >= 15 is 0 Å². The van der Waals surface area contributed by atoms with Crippen molar-refractivity contribution in [2.75, 3.05) is 5.73 Å². The quantitative estimate of drug-likeness (QED) is 0.860. The summed E-state index contributed by atoms with van der Waals surface area (Å²) in [4.78, 5) is 5.56. The number of nitrogens with zero attached hydrogens (tertiary/aromatic N) is 1. The summed E-state index contributed by atoms with van der Waals surface area (Å²) in [5, 5.41) is 2.08. The minimum absolute atomic E-state index is 0.350. The topological polar surface area (TPSA) is 38.9 Å². The van der Waals surface area contributed by atoms with Crippen molar-refractivity contribution in [1.82, 2.24) is 4.98 Å². The van der Waals surface area contributed by atoms with E-state index in [0.717, 1.165) is 38.2 Å². The van der Waals surface area contributed by atoms with Crippen LogP contribution in [0.2, 0.25) is 10.0 Å². The van der Waals surface area contributed by atoms with Gasteiger partial charge in [-0.1, -0.05) is 37.0 Å². The maximum atomic E-state index is 6.28. The molecule has 2 N–H and O–H groups in total. The van der Waals surface area contributed by atoms with E-state index in [4.69, 9.17) is 28.9 Å². The van der Waals surface area contributed by atoms with Crippen molar-refractivity contribution in [2.45, 2.75) is 33.1 Å². The van der Waals surface area contributed by atoms with Crippen molar-refractivity contribution >= 4 is 39.7 Å². The Morgan fingerprint density at radius 2 is 1.95 bits per heavy atom. The molecule has 0 aliphatic heterocycles. The number of aryl methyl sites for hydroxylation is 1. The number of rotatable bonds is 3. The zero-order valence-electron chi connectivity index (χ0n) is 11.1. The summed E-state index contributed by atoms with van der Waals surface area (Å²) >= 11 is 14.0. The molecule has 0 bridgehead atoms. The minimum Gasteiger partial charge on any atom is -0.375 e. The predicted octanol–water partition coefficient (Wildman–Crippen LogP) is 5.05. The summed E-state index contributed by atoms with van der Waals surface area (Å²) in [6.45, 7) is 6.17. The Bertz CT molecular complexity index is 606. The smallest absolute Gasteiger partial charge is 0.180 e. The molecule has 2 nitrogen and oxygen atoms in total. The van der Waals surface area contributed by atoms with Crippen LogP contribution in [-0.2, 0) is 6.42 Å². The summed E-state index contributed by atoms with van der Waals surface area (Å²) < 4.78 is 0. The summed E-state index contributed by atoms with van der Waals surface area (Å²) in [5.74, 6) is 0.350. The summed E-state index contributed by atoms with van der Waals surface area (Å²) in [6, 6.07) is 3.83. The van der Waals surface area contributed by atoms with Crippen molar-refractivity contribution in [3.8, 4) is 0 Å². The number of nitrogen functional groups attached to an aromatic ring is 1. The van der Waals surface area contributed by atoms with Crippen LogP contribution in [0.15, 0.2) is 12.1 Å². The van der Waals surface area contributed by atoms with Crippen molar-refractivity contribution in [1.29, 1.82) is 0 Å². The molecule has 0 aliphatic rings. The second-order valence-electron chi connectivity index (χ2n) is 4.88. The molecule has 5 heteroatoms. The molecule has 0 atom stereocenters.